The summed E-state index contributed by atoms with van der Waals surface area (Å²) in [6, 6.07) is 0.246. The van der Waals surface area contributed by atoms with Crippen LogP contribution in [-0.2, 0) is 11.8 Å². The second-order valence-electron chi connectivity index (χ2n) is 7.87. The Morgan fingerprint density at radius 3 is 2.64 bits per heavy atom. The largest absolute Gasteiger partial charge is 0.353 e. The predicted octanol–water partition coefficient (Wildman–Crippen LogP) is 2.87. The number of carbonyl (C=O) groups excluding carboxylic acids is 1. The van der Waals surface area contributed by atoms with Crippen LogP contribution < -0.4 is 10.6 Å². The van der Waals surface area contributed by atoms with Gasteiger partial charge in [-0.2, -0.15) is 5.10 Å². The second-order valence-corrected chi connectivity index (χ2v) is 7.87. The number of carbonyl (C=O) groups is 1. The SMILES string of the molecule is CC(NC(=O)[C@H]1CNC[C@@H]1c1cnn(C)c1)C(C)C1CCCCC1.Cl. The van der Waals surface area contributed by atoms with Gasteiger partial charge in [-0.1, -0.05) is 39.0 Å². The summed E-state index contributed by atoms with van der Waals surface area (Å²) in [6.07, 6.45) is 10.7. The van der Waals surface area contributed by atoms with Gasteiger partial charge in [0, 0.05) is 38.3 Å². The Morgan fingerprint density at radius 1 is 1.28 bits per heavy atom. The molecule has 0 bridgehead atoms. The Bertz CT molecular complexity index is 555. The van der Waals surface area contributed by atoms with Crippen molar-refractivity contribution in [3.8, 4) is 0 Å². The summed E-state index contributed by atoms with van der Waals surface area (Å²) in [5.74, 6) is 1.76. The van der Waals surface area contributed by atoms with Gasteiger partial charge in [-0.05, 0) is 24.3 Å². The van der Waals surface area contributed by atoms with E-state index in [0.29, 0.717) is 5.92 Å². The van der Waals surface area contributed by atoms with Crippen LogP contribution in [0.3, 0.4) is 0 Å². The highest BCUT2D eigenvalue weighted by molar-refractivity contribution is 5.85. The first kappa shape index (κ1) is 20.2. The number of aryl methyl sites for hydroxylation is 1. The van der Waals surface area contributed by atoms with E-state index >= 15 is 0 Å². The van der Waals surface area contributed by atoms with Gasteiger partial charge in [-0.15, -0.1) is 12.4 Å². The number of halogens is 1. The van der Waals surface area contributed by atoms with Crippen LogP contribution in [0, 0.1) is 17.8 Å². The lowest BCUT2D eigenvalue weighted by Crippen LogP contribution is -2.44. The van der Waals surface area contributed by atoms with Crippen molar-refractivity contribution < 1.29 is 4.79 Å². The molecule has 1 amide bonds. The lowest BCUT2D eigenvalue weighted by molar-refractivity contribution is -0.125. The smallest absolute Gasteiger partial charge is 0.225 e. The van der Waals surface area contributed by atoms with E-state index in [-0.39, 0.29) is 36.2 Å². The van der Waals surface area contributed by atoms with Crippen molar-refractivity contribution in [3.63, 3.8) is 0 Å². The number of aromatic nitrogens is 2. The molecule has 4 atom stereocenters. The van der Waals surface area contributed by atoms with Crippen LogP contribution in [0.25, 0.3) is 0 Å². The van der Waals surface area contributed by atoms with Crippen LogP contribution in [0.2, 0.25) is 0 Å². The van der Waals surface area contributed by atoms with Crippen molar-refractivity contribution in [2.75, 3.05) is 13.1 Å². The van der Waals surface area contributed by atoms with Gasteiger partial charge in [-0.25, -0.2) is 0 Å². The van der Waals surface area contributed by atoms with Gasteiger partial charge in [0.2, 0.25) is 5.91 Å². The molecule has 1 saturated carbocycles. The summed E-state index contributed by atoms with van der Waals surface area (Å²) >= 11 is 0. The molecule has 2 heterocycles. The zero-order valence-electron chi connectivity index (χ0n) is 15.7. The second kappa shape index (κ2) is 9.04. The lowest BCUT2D eigenvalue weighted by Gasteiger charge is -2.33. The summed E-state index contributed by atoms with van der Waals surface area (Å²) < 4.78 is 1.82. The van der Waals surface area contributed by atoms with Crippen molar-refractivity contribution in [1.29, 1.82) is 0 Å². The fourth-order valence-electron chi connectivity index (χ4n) is 4.47. The van der Waals surface area contributed by atoms with E-state index in [1.807, 2.05) is 24.1 Å². The molecule has 1 aromatic rings. The number of amides is 1. The summed E-state index contributed by atoms with van der Waals surface area (Å²) in [5.41, 5.74) is 1.16. The molecule has 0 radical (unpaired) electrons. The van der Waals surface area contributed by atoms with E-state index < -0.39 is 0 Å². The number of nitrogens with one attached hydrogen (secondary N) is 2. The zero-order chi connectivity index (χ0) is 17.1. The molecule has 0 spiro atoms. The highest BCUT2D eigenvalue weighted by atomic mass is 35.5. The number of rotatable bonds is 5. The minimum absolute atomic E-state index is 0. The van der Waals surface area contributed by atoms with E-state index in [9.17, 15) is 4.79 Å². The Kier molecular flexibility index (Phi) is 7.32. The topological polar surface area (TPSA) is 59.0 Å². The molecule has 0 aromatic carbocycles. The predicted molar refractivity (Wildman–Crippen MR) is 103 cm³/mol. The Morgan fingerprint density at radius 2 is 2.00 bits per heavy atom. The van der Waals surface area contributed by atoms with Crippen molar-refractivity contribution in [2.24, 2.45) is 24.8 Å². The average Bonchev–Trinajstić information content (AvgIpc) is 3.23. The first-order valence-corrected chi connectivity index (χ1v) is 9.56. The van der Waals surface area contributed by atoms with Crippen molar-refractivity contribution >= 4 is 18.3 Å². The molecule has 1 aliphatic heterocycles. The molecule has 2 fully saturated rings. The Labute approximate surface area is 157 Å². The number of hydrogen-bond acceptors (Lipinski definition) is 3. The molecule has 142 valence electrons. The highest BCUT2D eigenvalue weighted by Crippen LogP contribution is 2.32. The maximum atomic E-state index is 12.9. The molecule has 25 heavy (non-hydrogen) atoms. The van der Waals surface area contributed by atoms with E-state index in [2.05, 4.69) is 29.6 Å². The number of hydrogen-bond donors (Lipinski definition) is 2. The van der Waals surface area contributed by atoms with Gasteiger partial charge in [0.05, 0.1) is 12.1 Å². The maximum Gasteiger partial charge on any atom is 0.225 e. The summed E-state index contributed by atoms with van der Waals surface area (Å²) in [7, 11) is 1.93. The third kappa shape index (κ3) is 4.76. The van der Waals surface area contributed by atoms with E-state index in [4.69, 9.17) is 0 Å². The van der Waals surface area contributed by atoms with Gasteiger partial charge in [0.1, 0.15) is 0 Å². The average molecular weight is 369 g/mol. The van der Waals surface area contributed by atoms with Gasteiger partial charge in [-0.3, -0.25) is 9.48 Å². The standard InChI is InChI=1S/C19H32N4O.ClH/c1-13(15-7-5-4-6-8-15)14(2)22-19(24)18-11-20-10-17(18)16-9-21-23(3)12-16;/h9,12-15,17-18,20H,4-8,10-11H2,1-3H3,(H,22,24);1H/t13?,14?,17-,18+;/m1./s1. The van der Waals surface area contributed by atoms with Crippen LogP contribution in [0.15, 0.2) is 12.4 Å². The van der Waals surface area contributed by atoms with Crippen LogP contribution in [0.1, 0.15) is 57.4 Å². The zero-order valence-corrected chi connectivity index (χ0v) is 16.5. The van der Waals surface area contributed by atoms with Gasteiger partial charge in [0.25, 0.3) is 0 Å². The molecule has 1 saturated heterocycles. The molecule has 5 nitrogen and oxygen atoms in total. The third-order valence-corrected chi connectivity index (χ3v) is 6.26. The minimum atomic E-state index is 0. The third-order valence-electron chi connectivity index (χ3n) is 6.26. The fourth-order valence-corrected chi connectivity index (χ4v) is 4.47. The molecule has 2 N–H and O–H groups in total. The summed E-state index contributed by atoms with van der Waals surface area (Å²) in [4.78, 5) is 12.9. The van der Waals surface area contributed by atoms with Crippen molar-refractivity contribution in [3.05, 3.63) is 18.0 Å². The highest BCUT2D eigenvalue weighted by Gasteiger charge is 2.36. The Balaban J connectivity index is 0.00000225. The summed E-state index contributed by atoms with van der Waals surface area (Å²) in [6.45, 7) is 6.11. The molecule has 2 unspecified atom stereocenters. The molecule has 2 aliphatic rings. The van der Waals surface area contributed by atoms with Crippen molar-refractivity contribution in [1.82, 2.24) is 20.4 Å². The lowest BCUT2D eigenvalue weighted by atomic mass is 9.78. The van der Waals surface area contributed by atoms with Gasteiger partial charge in [0.15, 0.2) is 0 Å². The maximum absolute atomic E-state index is 12.9. The Hall–Kier alpha value is -1.07. The number of nitrogens with zero attached hydrogens (tertiary/aromatic N) is 2. The first-order chi connectivity index (χ1) is 11.6. The first-order valence-electron chi connectivity index (χ1n) is 9.56. The molecule has 1 aliphatic carbocycles. The van der Waals surface area contributed by atoms with E-state index in [0.717, 1.165) is 24.6 Å². The quantitative estimate of drug-likeness (QED) is 0.840. The van der Waals surface area contributed by atoms with Crippen LogP contribution in [0.5, 0.6) is 0 Å². The molecule has 3 rings (SSSR count). The van der Waals surface area contributed by atoms with E-state index in [1.165, 1.54) is 32.1 Å². The minimum Gasteiger partial charge on any atom is -0.353 e. The van der Waals surface area contributed by atoms with E-state index in [1.54, 1.807) is 0 Å². The molecule has 6 heteroatoms. The van der Waals surface area contributed by atoms with Crippen LogP contribution in [-0.4, -0.2) is 34.8 Å². The van der Waals surface area contributed by atoms with Crippen LogP contribution >= 0.6 is 12.4 Å². The fraction of sp³-hybridized carbons (Fsp3) is 0.789. The summed E-state index contributed by atoms with van der Waals surface area (Å²) in [5, 5.41) is 11.0. The normalized spacial score (nSPS) is 26.7. The monoisotopic (exact) mass is 368 g/mol. The van der Waals surface area contributed by atoms with Gasteiger partial charge < -0.3 is 10.6 Å². The molecular weight excluding hydrogens is 336 g/mol. The van der Waals surface area contributed by atoms with Crippen LogP contribution in [0.4, 0.5) is 0 Å². The molecular formula is C19H33ClN4O. The van der Waals surface area contributed by atoms with Gasteiger partial charge >= 0.3 is 0 Å². The molecule has 1 aromatic heterocycles. The van der Waals surface area contributed by atoms with Crippen molar-refractivity contribution in [2.45, 2.75) is 57.9 Å².